The molecule has 0 amide bonds. The van der Waals surface area contributed by atoms with Crippen molar-refractivity contribution in [2.24, 2.45) is 0 Å². The molecule has 16 nitrogen and oxygen atoms in total. The van der Waals surface area contributed by atoms with Crippen LogP contribution in [0.4, 0.5) is 13.2 Å². The van der Waals surface area contributed by atoms with E-state index in [2.05, 4.69) is 30.6 Å². The summed E-state index contributed by atoms with van der Waals surface area (Å²) in [5.41, 5.74) is -0.312. The van der Waals surface area contributed by atoms with Crippen LogP contribution in [0.5, 0.6) is 0 Å². The van der Waals surface area contributed by atoms with Gasteiger partial charge >= 0.3 is 5.97 Å². The maximum absolute atomic E-state index is 13.9. The minimum Gasteiger partial charge on any atom is -0.480 e. The van der Waals surface area contributed by atoms with Crippen molar-refractivity contribution in [3.05, 3.63) is 60.7 Å². The quantitative estimate of drug-likeness (QED) is 0.165. The fourth-order valence-electron chi connectivity index (χ4n) is 5.35. The topological polar surface area (TPSA) is 213 Å². The van der Waals surface area contributed by atoms with E-state index in [1.807, 2.05) is 0 Å². The van der Waals surface area contributed by atoms with Crippen molar-refractivity contribution in [2.45, 2.75) is 47.2 Å². The van der Waals surface area contributed by atoms with Crippen LogP contribution < -0.4 is 0 Å². The van der Waals surface area contributed by atoms with Crippen LogP contribution in [-0.4, -0.2) is 128 Å². The number of aliphatic carboxylic acids is 1. The molecule has 8 atom stereocenters. The molecule has 2 aliphatic heterocycles. The number of benzene rings is 1. The number of hydrogen-bond acceptors (Lipinski definition) is 14. The van der Waals surface area contributed by atoms with Crippen molar-refractivity contribution >= 4 is 17.7 Å². The Labute approximate surface area is 267 Å². The summed E-state index contributed by atoms with van der Waals surface area (Å²) in [6.45, 7) is -1.38. The molecule has 2 fully saturated rings. The van der Waals surface area contributed by atoms with Gasteiger partial charge in [0, 0.05) is 23.5 Å². The number of nitrogens with zero attached hydrogens (tertiary/aromatic N) is 8. The highest BCUT2D eigenvalue weighted by Gasteiger charge is 2.50. The molecule has 5 heterocycles. The van der Waals surface area contributed by atoms with Crippen LogP contribution >= 0.6 is 11.8 Å². The molecule has 0 radical (unpaired) electrons. The average molecular weight is 681 g/mol. The van der Waals surface area contributed by atoms with Crippen molar-refractivity contribution in [2.75, 3.05) is 26.4 Å². The van der Waals surface area contributed by atoms with Crippen LogP contribution in [0, 0.1) is 17.5 Å². The predicted octanol–water partition coefficient (Wildman–Crippen LogP) is 0.234. The molecule has 1 aromatic carbocycles. The first kappa shape index (κ1) is 32.9. The highest BCUT2D eigenvalue weighted by molar-refractivity contribution is 8.00. The number of aliphatic hydroxyl groups excluding tert-OH is 3. The number of halogens is 3. The zero-order valence-corrected chi connectivity index (χ0v) is 24.8. The maximum atomic E-state index is 13.9. The molecule has 0 spiro atoms. The first-order chi connectivity index (χ1) is 22.6. The molecule has 6 rings (SSSR count). The first-order valence-corrected chi connectivity index (χ1v) is 15.0. The van der Waals surface area contributed by atoms with E-state index >= 15 is 0 Å². The lowest BCUT2D eigenvalue weighted by Gasteiger charge is -2.45. The second-order valence-corrected chi connectivity index (χ2v) is 12.0. The van der Waals surface area contributed by atoms with Crippen LogP contribution in [0.1, 0.15) is 12.1 Å². The van der Waals surface area contributed by atoms with Crippen LogP contribution in [0.15, 0.2) is 43.2 Å². The number of carboxylic acid groups (broad SMARTS) is 1. The number of carbonyl (C=O) groups is 1. The Bertz CT molecular complexity index is 1680. The average Bonchev–Trinajstić information content (AvgIpc) is 3.75. The number of rotatable bonds is 10. The monoisotopic (exact) mass is 680 g/mol. The van der Waals surface area contributed by atoms with E-state index in [1.165, 1.54) is 17.2 Å². The first-order valence-electron chi connectivity index (χ1n) is 14.1. The Balaban J connectivity index is 1.27. The van der Waals surface area contributed by atoms with Gasteiger partial charge in [-0.3, -0.25) is 0 Å². The number of aliphatic hydroxyl groups is 3. The maximum Gasteiger partial charge on any atom is 0.329 e. The van der Waals surface area contributed by atoms with Crippen molar-refractivity contribution in [1.29, 1.82) is 0 Å². The Morgan fingerprint density at radius 2 is 1.64 bits per heavy atom. The largest absolute Gasteiger partial charge is 0.480 e. The summed E-state index contributed by atoms with van der Waals surface area (Å²) in [5.74, 6) is -5.92. The number of ether oxygens (including phenoxy) is 3. The fraction of sp³-hybridized carbons (Fsp3) is 0.444. The van der Waals surface area contributed by atoms with Gasteiger partial charge in [-0.05, 0) is 12.1 Å². The third-order valence-corrected chi connectivity index (χ3v) is 9.09. The molecule has 2 saturated heterocycles. The van der Waals surface area contributed by atoms with Crippen molar-refractivity contribution in [3.8, 4) is 22.5 Å². The molecular weight excluding hydrogens is 653 g/mol. The second-order valence-electron chi connectivity index (χ2n) is 10.7. The Morgan fingerprint density at radius 1 is 0.979 bits per heavy atom. The van der Waals surface area contributed by atoms with E-state index in [-0.39, 0.29) is 24.5 Å². The van der Waals surface area contributed by atoms with Crippen molar-refractivity contribution in [3.63, 3.8) is 0 Å². The number of thioether (sulfide) groups is 1. The smallest absolute Gasteiger partial charge is 0.329 e. The molecule has 4 N–H and O–H groups in total. The van der Waals surface area contributed by atoms with E-state index in [9.17, 15) is 38.4 Å². The molecular formula is C27H27F3N8O8S. The number of hydrogen-bond donors (Lipinski definition) is 4. The molecule has 0 saturated carbocycles. The Kier molecular flexibility index (Phi) is 9.77. The van der Waals surface area contributed by atoms with Gasteiger partial charge < -0.3 is 34.6 Å². The third-order valence-electron chi connectivity index (χ3n) is 7.68. The predicted molar refractivity (Wildman–Crippen MR) is 152 cm³/mol. The van der Waals surface area contributed by atoms with E-state index in [0.29, 0.717) is 23.4 Å². The lowest BCUT2D eigenvalue weighted by atomic mass is 9.97. The van der Waals surface area contributed by atoms with Gasteiger partial charge in [-0.2, -0.15) is 0 Å². The molecule has 0 aliphatic carbocycles. The molecule has 20 heteroatoms. The minimum atomic E-state index is -1.67. The van der Waals surface area contributed by atoms with Crippen LogP contribution in [0.2, 0.25) is 0 Å². The number of carboxylic acids is 1. The van der Waals surface area contributed by atoms with Gasteiger partial charge in [0.25, 0.3) is 0 Å². The third kappa shape index (κ3) is 6.84. The molecule has 0 bridgehead atoms. The lowest BCUT2D eigenvalue weighted by molar-refractivity contribution is -0.197. The van der Waals surface area contributed by atoms with Gasteiger partial charge in [-0.1, -0.05) is 10.4 Å². The summed E-state index contributed by atoms with van der Waals surface area (Å²) < 4.78 is 61.4. The van der Waals surface area contributed by atoms with Gasteiger partial charge in [-0.15, -0.1) is 22.0 Å². The van der Waals surface area contributed by atoms with Crippen LogP contribution in [0.25, 0.3) is 22.5 Å². The van der Waals surface area contributed by atoms with E-state index in [0.717, 1.165) is 16.4 Å². The summed E-state index contributed by atoms with van der Waals surface area (Å²) in [6.07, 6.45) is 2.13. The molecule has 250 valence electrons. The summed E-state index contributed by atoms with van der Waals surface area (Å²) in [4.78, 5) is 19.5. The molecule has 4 aromatic rings. The van der Waals surface area contributed by atoms with Gasteiger partial charge in [0.05, 0.1) is 43.6 Å². The minimum absolute atomic E-state index is 0.0358. The van der Waals surface area contributed by atoms with Gasteiger partial charge in [0.15, 0.2) is 17.5 Å². The molecule has 47 heavy (non-hydrogen) atoms. The highest BCUT2D eigenvalue weighted by Crippen LogP contribution is 2.41. The SMILES string of the molecule is O=C(O)COC1C(SC2COCC(n3cc(-c4cncnc4)nn3)C2O)OC(CO)C(O)C1n1cc(-c2cc(F)c(F)c(F)c2)nn1. The van der Waals surface area contributed by atoms with Gasteiger partial charge in [-0.25, -0.2) is 37.3 Å². The van der Waals surface area contributed by atoms with Crippen molar-refractivity contribution in [1.82, 2.24) is 40.0 Å². The van der Waals surface area contributed by atoms with Gasteiger partial charge in [0.2, 0.25) is 0 Å². The van der Waals surface area contributed by atoms with Gasteiger partial charge in [0.1, 0.15) is 60.2 Å². The van der Waals surface area contributed by atoms with E-state index in [4.69, 9.17) is 14.2 Å². The molecule has 8 unspecified atom stereocenters. The highest BCUT2D eigenvalue weighted by atomic mass is 32.2. The summed E-state index contributed by atoms with van der Waals surface area (Å²) >= 11 is 1.02. The summed E-state index contributed by atoms with van der Waals surface area (Å²) in [5, 5.41) is 57.5. The Hall–Kier alpha value is -4.05. The zero-order valence-electron chi connectivity index (χ0n) is 24.0. The fourth-order valence-corrected chi connectivity index (χ4v) is 6.82. The standard InChI is InChI=1S/C27H27F3N8O8S/c28-14-1-12(2-15(29)22(14)30)16-6-38(36-33-16)23-25(43)19(7-39)46-27(26(23)45-10-21(40)41)47-20-9-44-8-18(24(20)42)37-5-17(34-35-37)13-3-31-11-32-4-13/h1-6,11,18-20,23-27,39,42-43H,7-10H2,(H,40,41). The normalized spacial score (nSPS) is 28.0. The van der Waals surface area contributed by atoms with Crippen LogP contribution in [0.3, 0.4) is 0 Å². The van der Waals surface area contributed by atoms with Crippen molar-refractivity contribution < 1.29 is 52.6 Å². The Morgan fingerprint density at radius 3 is 2.32 bits per heavy atom. The molecule has 3 aromatic heterocycles. The molecule has 2 aliphatic rings. The lowest BCUT2D eigenvalue weighted by Crippen LogP contribution is -2.57. The second kappa shape index (κ2) is 14.0. The zero-order chi connectivity index (χ0) is 33.2. The summed E-state index contributed by atoms with van der Waals surface area (Å²) in [7, 11) is 0. The summed E-state index contributed by atoms with van der Waals surface area (Å²) in [6, 6.07) is -0.517. The number of aromatic nitrogens is 8. The van der Waals surface area contributed by atoms with E-state index < -0.39 is 83.8 Å². The van der Waals surface area contributed by atoms with Crippen LogP contribution in [-0.2, 0) is 19.0 Å². The van der Waals surface area contributed by atoms with E-state index in [1.54, 1.807) is 18.6 Å².